The second-order valence-corrected chi connectivity index (χ2v) is 5.60. The molecule has 0 aromatic heterocycles. The van der Waals surface area contributed by atoms with Crippen LogP contribution in [0.1, 0.15) is 36.6 Å². The van der Waals surface area contributed by atoms with E-state index in [2.05, 4.69) is 41.7 Å². The van der Waals surface area contributed by atoms with Crippen LogP contribution in [0, 0.1) is 5.92 Å². The van der Waals surface area contributed by atoms with Crippen molar-refractivity contribution in [1.82, 2.24) is 5.32 Å². The van der Waals surface area contributed by atoms with Gasteiger partial charge in [0.1, 0.15) is 0 Å². The lowest BCUT2D eigenvalue weighted by Gasteiger charge is -2.37. The summed E-state index contributed by atoms with van der Waals surface area (Å²) in [4.78, 5) is 0. The summed E-state index contributed by atoms with van der Waals surface area (Å²) in [5.41, 5.74) is 3.31. The van der Waals surface area contributed by atoms with E-state index in [9.17, 15) is 5.21 Å². The molecule has 0 spiro atoms. The summed E-state index contributed by atoms with van der Waals surface area (Å²) in [7, 11) is 0. The Morgan fingerprint density at radius 2 is 1.52 bits per heavy atom. The van der Waals surface area contributed by atoms with Gasteiger partial charge in [0.2, 0.25) is 0 Å². The van der Waals surface area contributed by atoms with Gasteiger partial charge < -0.3 is 10.5 Å². The van der Waals surface area contributed by atoms with E-state index < -0.39 is 0 Å². The van der Waals surface area contributed by atoms with Gasteiger partial charge in [0.15, 0.2) is 0 Å². The van der Waals surface area contributed by atoms with Gasteiger partial charge in [-0.1, -0.05) is 72.7 Å². The highest BCUT2D eigenvalue weighted by Gasteiger charge is 2.33. The van der Waals surface area contributed by atoms with Crippen LogP contribution in [0.2, 0.25) is 0 Å². The van der Waals surface area contributed by atoms with Gasteiger partial charge in [-0.3, -0.25) is 0 Å². The third-order valence-electron chi connectivity index (χ3n) is 4.31. The number of oxime groups is 1. The summed E-state index contributed by atoms with van der Waals surface area (Å²) in [6.45, 7) is 2.11. The lowest BCUT2D eigenvalue weighted by atomic mass is 9.81. The van der Waals surface area contributed by atoms with E-state index in [1.54, 1.807) is 0 Å². The van der Waals surface area contributed by atoms with Gasteiger partial charge in [0.05, 0.1) is 5.71 Å². The molecule has 0 aliphatic carbocycles. The molecule has 3 rings (SSSR count). The van der Waals surface area contributed by atoms with Crippen molar-refractivity contribution in [2.24, 2.45) is 11.1 Å². The number of piperidine rings is 1. The minimum absolute atomic E-state index is 0.163. The van der Waals surface area contributed by atoms with E-state index in [0.29, 0.717) is 0 Å². The third-order valence-corrected chi connectivity index (χ3v) is 4.31. The molecule has 0 saturated carbocycles. The van der Waals surface area contributed by atoms with Crippen LogP contribution in [0.3, 0.4) is 0 Å². The van der Waals surface area contributed by atoms with Crippen LogP contribution in [-0.2, 0) is 0 Å². The zero-order chi connectivity index (χ0) is 14.7. The smallest absolute Gasteiger partial charge is 0.0636 e. The van der Waals surface area contributed by atoms with Crippen LogP contribution in [-0.4, -0.2) is 10.9 Å². The summed E-state index contributed by atoms with van der Waals surface area (Å²) in [6.07, 6.45) is 0.741. The van der Waals surface area contributed by atoms with Gasteiger partial charge in [-0.15, -0.1) is 0 Å². The van der Waals surface area contributed by atoms with Gasteiger partial charge in [0, 0.05) is 24.4 Å². The maximum Gasteiger partial charge on any atom is 0.0636 e. The van der Waals surface area contributed by atoms with Gasteiger partial charge in [-0.05, 0) is 11.1 Å². The summed E-state index contributed by atoms with van der Waals surface area (Å²) in [5.74, 6) is 0.178. The lowest BCUT2D eigenvalue weighted by molar-refractivity contribution is 0.294. The Balaban J connectivity index is 1.93. The molecule has 1 fully saturated rings. The first-order chi connectivity index (χ1) is 10.3. The topological polar surface area (TPSA) is 44.6 Å². The standard InChI is InChI=1S/C18H20N2O/c1-13-16(20-21)12-17(14-8-4-2-5-9-14)19-18(13)15-10-6-3-7-11-15/h2-11,13,17-19,21H,12H2,1H3/b20-16-/t13-,17-,18-/m0/s1. The second kappa shape index (κ2) is 6.10. The van der Waals surface area contributed by atoms with Crippen molar-refractivity contribution in [2.45, 2.75) is 25.4 Å². The molecule has 2 N–H and O–H groups in total. The van der Waals surface area contributed by atoms with Crippen LogP contribution in [0.25, 0.3) is 0 Å². The maximum atomic E-state index is 9.35. The van der Waals surface area contributed by atoms with Crippen molar-refractivity contribution in [3.63, 3.8) is 0 Å². The van der Waals surface area contributed by atoms with E-state index in [4.69, 9.17) is 0 Å². The molecule has 1 heterocycles. The Morgan fingerprint density at radius 3 is 2.10 bits per heavy atom. The molecule has 1 saturated heterocycles. The first-order valence-corrected chi connectivity index (χ1v) is 7.36. The highest BCUT2D eigenvalue weighted by atomic mass is 16.4. The summed E-state index contributed by atoms with van der Waals surface area (Å²) in [6, 6.07) is 21.0. The molecule has 3 heteroatoms. The van der Waals surface area contributed by atoms with E-state index in [1.165, 1.54) is 11.1 Å². The molecule has 1 aliphatic rings. The number of nitrogens with one attached hydrogen (secondary N) is 1. The van der Waals surface area contributed by atoms with Gasteiger partial charge in [-0.2, -0.15) is 0 Å². The van der Waals surface area contributed by atoms with Gasteiger partial charge in [-0.25, -0.2) is 0 Å². The Labute approximate surface area is 125 Å². The van der Waals surface area contributed by atoms with E-state index >= 15 is 0 Å². The number of nitrogens with zero attached hydrogens (tertiary/aromatic N) is 1. The molecule has 0 unspecified atom stereocenters. The average Bonchev–Trinajstić information content (AvgIpc) is 2.56. The fourth-order valence-corrected chi connectivity index (χ4v) is 3.08. The molecule has 2 aromatic carbocycles. The Bertz CT molecular complexity index is 610. The predicted octanol–water partition coefficient (Wildman–Crippen LogP) is 3.93. The fourth-order valence-electron chi connectivity index (χ4n) is 3.08. The van der Waals surface area contributed by atoms with Crippen LogP contribution >= 0.6 is 0 Å². The van der Waals surface area contributed by atoms with E-state index in [-0.39, 0.29) is 18.0 Å². The molecule has 3 atom stereocenters. The van der Waals surface area contributed by atoms with Crippen molar-refractivity contribution in [1.29, 1.82) is 0 Å². The molecule has 108 valence electrons. The summed E-state index contributed by atoms with van der Waals surface area (Å²) >= 11 is 0. The molecule has 1 aliphatic heterocycles. The Hall–Kier alpha value is -2.13. The molecule has 21 heavy (non-hydrogen) atoms. The average molecular weight is 280 g/mol. The highest BCUT2D eigenvalue weighted by Crippen LogP contribution is 2.35. The highest BCUT2D eigenvalue weighted by molar-refractivity contribution is 5.88. The quantitative estimate of drug-likeness (QED) is 0.646. The predicted molar refractivity (Wildman–Crippen MR) is 84.5 cm³/mol. The van der Waals surface area contributed by atoms with E-state index in [0.717, 1.165) is 12.1 Å². The zero-order valence-electron chi connectivity index (χ0n) is 12.1. The monoisotopic (exact) mass is 280 g/mol. The molecule has 0 amide bonds. The number of rotatable bonds is 2. The third kappa shape index (κ3) is 2.83. The number of benzene rings is 2. The maximum absolute atomic E-state index is 9.35. The summed E-state index contributed by atoms with van der Waals surface area (Å²) in [5, 5.41) is 16.6. The van der Waals surface area contributed by atoms with Crippen molar-refractivity contribution in [2.75, 3.05) is 0 Å². The Morgan fingerprint density at radius 1 is 0.952 bits per heavy atom. The van der Waals surface area contributed by atoms with Crippen LogP contribution in [0.5, 0.6) is 0 Å². The van der Waals surface area contributed by atoms with Crippen molar-refractivity contribution < 1.29 is 5.21 Å². The first-order valence-electron chi connectivity index (χ1n) is 7.36. The molecule has 0 radical (unpaired) electrons. The van der Waals surface area contributed by atoms with E-state index in [1.807, 2.05) is 36.4 Å². The second-order valence-electron chi connectivity index (χ2n) is 5.60. The van der Waals surface area contributed by atoms with Gasteiger partial charge >= 0.3 is 0 Å². The zero-order valence-corrected chi connectivity index (χ0v) is 12.1. The van der Waals surface area contributed by atoms with Crippen molar-refractivity contribution in [3.05, 3.63) is 71.8 Å². The lowest BCUT2D eigenvalue weighted by Crippen LogP contribution is -2.41. The van der Waals surface area contributed by atoms with Crippen LogP contribution in [0.4, 0.5) is 0 Å². The molecular weight excluding hydrogens is 260 g/mol. The minimum Gasteiger partial charge on any atom is -0.411 e. The number of hydrogen-bond acceptors (Lipinski definition) is 3. The van der Waals surface area contributed by atoms with Crippen molar-refractivity contribution >= 4 is 5.71 Å². The van der Waals surface area contributed by atoms with Crippen molar-refractivity contribution in [3.8, 4) is 0 Å². The fraction of sp³-hybridized carbons (Fsp3) is 0.278. The molecular formula is C18H20N2O. The Kier molecular flexibility index (Phi) is 4.02. The van der Waals surface area contributed by atoms with Crippen LogP contribution in [0.15, 0.2) is 65.8 Å². The first kappa shape index (κ1) is 13.8. The molecule has 0 bridgehead atoms. The largest absolute Gasteiger partial charge is 0.411 e. The van der Waals surface area contributed by atoms with Gasteiger partial charge in [0.25, 0.3) is 0 Å². The summed E-state index contributed by atoms with van der Waals surface area (Å²) < 4.78 is 0. The molecule has 3 nitrogen and oxygen atoms in total. The minimum atomic E-state index is 0.163. The normalized spacial score (nSPS) is 27.7. The van der Waals surface area contributed by atoms with Crippen LogP contribution < -0.4 is 5.32 Å². The molecule has 2 aromatic rings. The number of hydrogen-bond donors (Lipinski definition) is 2. The SMILES string of the molecule is C[C@H]1/C(=N\O)C[C@@H](c2ccccc2)N[C@@H]1c1ccccc1.